The fourth-order valence-electron chi connectivity index (χ4n) is 2.05. The van der Waals surface area contributed by atoms with Crippen LogP contribution in [0.25, 0.3) is 0 Å². The Kier molecular flexibility index (Phi) is 5.79. The summed E-state index contributed by atoms with van der Waals surface area (Å²) in [6, 6.07) is 8.38. The number of anilines is 1. The summed E-state index contributed by atoms with van der Waals surface area (Å²) in [6.45, 7) is 3.11. The highest BCUT2D eigenvalue weighted by Crippen LogP contribution is 2.28. The van der Waals surface area contributed by atoms with Gasteiger partial charge in [-0.3, -0.25) is 14.8 Å². The van der Waals surface area contributed by atoms with Gasteiger partial charge in [0, 0.05) is 18.5 Å². The molecule has 1 amide bonds. The van der Waals surface area contributed by atoms with Gasteiger partial charge in [0.1, 0.15) is 0 Å². The zero-order chi connectivity index (χ0) is 17.6. The molecule has 0 fully saturated rings. The number of benzene rings is 1. The predicted molar refractivity (Wildman–Crippen MR) is 99.9 cm³/mol. The average molecular weight is 374 g/mol. The number of amides is 1. The van der Waals surface area contributed by atoms with Crippen molar-refractivity contribution in [3.8, 4) is 0 Å². The maximum absolute atomic E-state index is 12.2. The number of nitrogens with one attached hydrogen (secondary N) is 1. The third kappa shape index (κ3) is 4.88. The van der Waals surface area contributed by atoms with Gasteiger partial charge in [0.15, 0.2) is 4.34 Å². The fourth-order valence-corrected chi connectivity index (χ4v) is 3.76. The quantitative estimate of drug-likeness (QED) is 0.487. The molecular weight excluding hydrogens is 356 g/mol. The first kappa shape index (κ1) is 17.6. The first-order valence-electron chi connectivity index (χ1n) is 7.70. The molecule has 3 rings (SSSR count). The monoisotopic (exact) mass is 374 g/mol. The van der Waals surface area contributed by atoms with Crippen molar-refractivity contribution in [2.75, 3.05) is 11.9 Å². The Morgan fingerprint density at radius 3 is 2.88 bits per heavy atom. The van der Waals surface area contributed by atoms with Gasteiger partial charge in [-0.2, -0.15) is 5.10 Å². The van der Waals surface area contributed by atoms with Crippen molar-refractivity contribution in [1.29, 1.82) is 0 Å². The van der Waals surface area contributed by atoms with Gasteiger partial charge in [-0.05, 0) is 12.5 Å². The summed E-state index contributed by atoms with van der Waals surface area (Å²) < 4.78 is 2.45. The predicted octanol–water partition coefficient (Wildman–Crippen LogP) is 2.55. The Balaban J connectivity index is 1.55. The Morgan fingerprint density at radius 2 is 2.12 bits per heavy atom. The summed E-state index contributed by atoms with van der Waals surface area (Å²) in [5, 5.41) is 15.4. The van der Waals surface area contributed by atoms with Gasteiger partial charge in [-0.1, -0.05) is 52.9 Å². The standard InChI is InChI=1S/C16H18N6OS2/c1-11-2-4-12(5-3-11)10-24-16-21-20-15(25-16)19-14(23)13-8-18-22(9-13)7-6-17/h2-5,8-9H,6-7,10,17H2,1H3,(H,19,20,23). The summed E-state index contributed by atoms with van der Waals surface area (Å²) in [5.41, 5.74) is 8.41. The molecule has 130 valence electrons. The number of aromatic nitrogens is 4. The molecule has 0 unspecified atom stereocenters. The molecule has 0 atom stereocenters. The third-order valence-electron chi connectivity index (χ3n) is 3.36. The molecule has 0 saturated carbocycles. The molecule has 0 aliphatic rings. The van der Waals surface area contributed by atoms with Crippen molar-refractivity contribution >= 4 is 34.1 Å². The molecular formula is C16H18N6OS2. The van der Waals surface area contributed by atoms with Gasteiger partial charge in [0.05, 0.1) is 18.3 Å². The van der Waals surface area contributed by atoms with E-state index in [0.717, 1.165) is 10.1 Å². The molecule has 2 aromatic heterocycles. The van der Waals surface area contributed by atoms with E-state index in [-0.39, 0.29) is 5.91 Å². The second-order valence-corrected chi connectivity index (χ2v) is 7.58. The van der Waals surface area contributed by atoms with Crippen LogP contribution in [0.4, 0.5) is 5.13 Å². The summed E-state index contributed by atoms with van der Waals surface area (Å²) >= 11 is 2.95. The molecule has 7 nitrogen and oxygen atoms in total. The van der Waals surface area contributed by atoms with E-state index >= 15 is 0 Å². The lowest BCUT2D eigenvalue weighted by Crippen LogP contribution is -2.12. The third-order valence-corrected chi connectivity index (χ3v) is 5.41. The van der Waals surface area contributed by atoms with E-state index in [0.29, 0.717) is 23.8 Å². The van der Waals surface area contributed by atoms with Crippen LogP contribution in [0.1, 0.15) is 21.5 Å². The minimum absolute atomic E-state index is 0.255. The van der Waals surface area contributed by atoms with Gasteiger partial charge in [0.2, 0.25) is 5.13 Å². The molecule has 0 saturated heterocycles. The van der Waals surface area contributed by atoms with E-state index in [1.807, 2.05) is 0 Å². The number of rotatable bonds is 7. The summed E-state index contributed by atoms with van der Waals surface area (Å²) in [6.07, 6.45) is 3.18. The van der Waals surface area contributed by atoms with Crippen LogP contribution in [-0.2, 0) is 12.3 Å². The lowest BCUT2D eigenvalue weighted by Gasteiger charge is -1.99. The zero-order valence-electron chi connectivity index (χ0n) is 13.7. The lowest BCUT2D eigenvalue weighted by atomic mass is 10.2. The second kappa shape index (κ2) is 8.24. The summed E-state index contributed by atoms with van der Waals surface area (Å²) in [4.78, 5) is 12.2. The van der Waals surface area contributed by atoms with Gasteiger partial charge in [-0.25, -0.2) is 0 Å². The number of hydrogen-bond acceptors (Lipinski definition) is 7. The molecule has 3 N–H and O–H groups in total. The van der Waals surface area contributed by atoms with Crippen LogP contribution in [0.2, 0.25) is 0 Å². The van der Waals surface area contributed by atoms with Gasteiger partial charge < -0.3 is 5.73 Å². The number of nitrogens with two attached hydrogens (primary N) is 1. The van der Waals surface area contributed by atoms with Crippen molar-refractivity contribution < 1.29 is 4.79 Å². The highest BCUT2D eigenvalue weighted by Gasteiger charge is 2.12. The maximum Gasteiger partial charge on any atom is 0.260 e. The topological polar surface area (TPSA) is 98.7 Å². The van der Waals surface area contributed by atoms with Gasteiger partial charge >= 0.3 is 0 Å². The van der Waals surface area contributed by atoms with Crippen molar-refractivity contribution in [1.82, 2.24) is 20.0 Å². The number of carbonyl (C=O) groups is 1. The number of aryl methyl sites for hydroxylation is 1. The Hall–Kier alpha value is -2.23. The van der Waals surface area contributed by atoms with E-state index in [9.17, 15) is 4.79 Å². The van der Waals surface area contributed by atoms with Crippen LogP contribution in [0.5, 0.6) is 0 Å². The molecule has 0 spiro atoms. The highest BCUT2D eigenvalue weighted by atomic mass is 32.2. The molecule has 2 heterocycles. The van der Waals surface area contributed by atoms with E-state index in [1.54, 1.807) is 22.6 Å². The highest BCUT2D eigenvalue weighted by molar-refractivity contribution is 8.00. The van der Waals surface area contributed by atoms with E-state index in [1.165, 1.54) is 28.7 Å². The number of carbonyl (C=O) groups excluding carboxylic acids is 1. The number of nitrogens with zero attached hydrogens (tertiary/aromatic N) is 4. The van der Waals surface area contributed by atoms with Crippen molar-refractivity contribution in [3.05, 3.63) is 53.3 Å². The molecule has 1 aromatic carbocycles. The van der Waals surface area contributed by atoms with Crippen LogP contribution in [-0.4, -0.2) is 32.4 Å². The van der Waals surface area contributed by atoms with Crippen LogP contribution in [0.3, 0.4) is 0 Å². The minimum Gasteiger partial charge on any atom is -0.329 e. The van der Waals surface area contributed by atoms with Crippen molar-refractivity contribution in [2.45, 2.75) is 23.6 Å². The molecule has 9 heteroatoms. The Morgan fingerprint density at radius 1 is 1.32 bits per heavy atom. The minimum atomic E-state index is -0.255. The number of hydrogen-bond donors (Lipinski definition) is 2. The van der Waals surface area contributed by atoms with Crippen molar-refractivity contribution in [2.24, 2.45) is 5.73 Å². The normalized spacial score (nSPS) is 10.8. The lowest BCUT2D eigenvalue weighted by molar-refractivity contribution is 0.102. The fraction of sp³-hybridized carbons (Fsp3) is 0.250. The van der Waals surface area contributed by atoms with E-state index < -0.39 is 0 Å². The second-order valence-electron chi connectivity index (χ2n) is 5.38. The maximum atomic E-state index is 12.2. The van der Waals surface area contributed by atoms with Crippen LogP contribution < -0.4 is 11.1 Å². The van der Waals surface area contributed by atoms with Gasteiger partial charge in [-0.15, -0.1) is 10.2 Å². The first-order chi connectivity index (χ1) is 12.1. The zero-order valence-corrected chi connectivity index (χ0v) is 15.3. The van der Waals surface area contributed by atoms with Crippen LogP contribution >= 0.6 is 23.1 Å². The first-order valence-corrected chi connectivity index (χ1v) is 9.50. The average Bonchev–Trinajstić information content (AvgIpc) is 3.24. The number of thioether (sulfide) groups is 1. The van der Waals surface area contributed by atoms with Crippen LogP contribution in [0, 0.1) is 6.92 Å². The molecule has 0 bridgehead atoms. The van der Waals surface area contributed by atoms with E-state index in [4.69, 9.17) is 5.73 Å². The Bertz CT molecular complexity index is 842. The summed E-state index contributed by atoms with van der Waals surface area (Å²) in [7, 11) is 0. The molecule has 25 heavy (non-hydrogen) atoms. The van der Waals surface area contributed by atoms with Crippen LogP contribution in [0.15, 0.2) is 41.0 Å². The smallest absolute Gasteiger partial charge is 0.260 e. The van der Waals surface area contributed by atoms with Gasteiger partial charge in [0.25, 0.3) is 5.91 Å². The molecule has 0 radical (unpaired) electrons. The molecule has 0 aliphatic heterocycles. The summed E-state index contributed by atoms with van der Waals surface area (Å²) in [5.74, 6) is 0.559. The molecule has 3 aromatic rings. The SMILES string of the molecule is Cc1ccc(CSc2nnc(NC(=O)c3cnn(CCN)c3)s2)cc1. The molecule has 0 aliphatic carbocycles. The van der Waals surface area contributed by atoms with E-state index in [2.05, 4.69) is 51.8 Å². The van der Waals surface area contributed by atoms with Crippen molar-refractivity contribution in [3.63, 3.8) is 0 Å². The largest absolute Gasteiger partial charge is 0.329 e. The Labute approximate surface area is 153 Å².